The summed E-state index contributed by atoms with van der Waals surface area (Å²) in [5.74, 6) is -0.0709. The minimum atomic E-state index is -0.0663. The van der Waals surface area contributed by atoms with Crippen LogP contribution >= 0.6 is 0 Å². The highest BCUT2D eigenvalue weighted by atomic mass is 16.3. The van der Waals surface area contributed by atoms with Crippen LogP contribution in [0, 0.1) is 0 Å². The molecule has 5 aromatic carbocycles. The molecule has 0 N–H and O–H groups in total. The van der Waals surface area contributed by atoms with Gasteiger partial charge in [0.05, 0.1) is 5.56 Å². The molecular formula is C33H6B15N3O. The van der Waals surface area contributed by atoms with Crippen LogP contribution in [0.5, 0.6) is 0 Å². The first-order valence-electron chi connectivity index (χ1n) is 15.3. The summed E-state index contributed by atoms with van der Waals surface area (Å²) in [6.07, 6.45) is 0. The molecule has 4 nitrogen and oxygen atoms in total. The summed E-state index contributed by atoms with van der Waals surface area (Å²) in [5, 5.41) is 1.36. The molecule has 2 heterocycles. The number of fused-ring (bicyclic) bond motifs is 3. The molecule has 0 aliphatic heterocycles. The fraction of sp³-hybridized carbons (Fsp3) is 0. The Hall–Kier alpha value is -4.12. The lowest BCUT2D eigenvalue weighted by atomic mass is 9.59. The molecule has 0 aliphatic rings. The highest BCUT2D eigenvalue weighted by Crippen LogP contribution is 2.38. The van der Waals surface area contributed by atoms with Gasteiger partial charge in [0.1, 0.15) is 129 Å². The summed E-state index contributed by atoms with van der Waals surface area (Å²) in [6, 6.07) is 10.8. The van der Waals surface area contributed by atoms with Crippen LogP contribution in [0.1, 0.15) is 0 Å². The Morgan fingerprint density at radius 2 is 0.596 bits per heavy atom. The number of benzene rings is 5. The third kappa shape index (κ3) is 5.31. The normalized spacial score (nSPS) is 11.5. The van der Waals surface area contributed by atoms with Crippen LogP contribution in [0.2, 0.25) is 0 Å². The fourth-order valence-electron chi connectivity index (χ4n) is 6.23. The quantitative estimate of drug-likeness (QED) is 0.183. The van der Waals surface area contributed by atoms with Crippen molar-refractivity contribution in [3.05, 3.63) is 36.4 Å². The van der Waals surface area contributed by atoms with E-state index in [-0.39, 0.29) is 111 Å². The lowest BCUT2D eigenvalue weighted by Gasteiger charge is -2.22. The molecule has 0 amide bonds. The van der Waals surface area contributed by atoms with Crippen molar-refractivity contribution < 1.29 is 4.42 Å². The van der Waals surface area contributed by atoms with Crippen molar-refractivity contribution in [3.8, 4) is 45.3 Å². The number of para-hydroxylation sites is 2. The van der Waals surface area contributed by atoms with Crippen molar-refractivity contribution in [3.63, 3.8) is 0 Å². The molecule has 0 saturated carbocycles. The second kappa shape index (κ2) is 13.1. The van der Waals surface area contributed by atoms with Crippen LogP contribution in [-0.2, 0) is 0 Å². The first-order valence-corrected chi connectivity index (χ1v) is 15.3. The van der Waals surface area contributed by atoms with Crippen LogP contribution in [0.4, 0.5) is 0 Å². The largest absolute Gasteiger partial charge is 0.455 e. The smallest absolute Gasteiger partial charge is 0.167 e. The summed E-state index contributed by atoms with van der Waals surface area (Å²) in [5.41, 5.74) is 2.44. The van der Waals surface area contributed by atoms with Crippen molar-refractivity contribution in [2.45, 2.75) is 0 Å². The maximum absolute atomic E-state index is 6.60. The summed E-state index contributed by atoms with van der Waals surface area (Å²) in [7, 11) is 94.2. The molecule has 0 atom stereocenters. The second-order valence-corrected chi connectivity index (χ2v) is 12.1. The van der Waals surface area contributed by atoms with Gasteiger partial charge in [-0.25, -0.2) is 15.0 Å². The Labute approximate surface area is 321 Å². The standard InChI is InChI=1S/C33H6B15N3O/c34-14-11(15(35)21(41)26(46)20(14)40)9-5-1-3-7-8-4-2-6-10(30(8)52-29(7)9)31-49-32(12-16(36)22(42)27(47)23(43)17(12)37)51-33(50-31)13-18(38)24(44)28(48)25(45)19(13)39/h1-6H. The van der Waals surface area contributed by atoms with E-state index in [4.69, 9.17) is 132 Å². The van der Waals surface area contributed by atoms with Crippen molar-refractivity contribution in [2.75, 3.05) is 0 Å². The Morgan fingerprint density at radius 1 is 0.308 bits per heavy atom. The van der Waals surface area contributed by atoms with Gasteiger partial charge < -0.3 is 4.42 Å². The van der Waals surface area contributed by atoms with Crippen LogP contribution in [0.3, 0.4) is 0 Å². The van der Waals surface area contributed by atoms with E-state index in [1.54, 1.807) is 18.2 Å². The predicted molar refractivity (Wildman–Crippen MR) is 230 cm³/mol. The zero-order valence-corrected chi connectivity index (χ0v) is 27.4. The Kier molecular flexibility index (Phi) is 9.12. The van der Waals surface area contributed by atoms with Crippen LogP contribution in [-0.4, -0.2) is 133 Å². The average molecular weight is 623 g/mol. The molecule has 0 saturated heterocycles. The highest BCUT2D eigenvalue weighted by molar-refractivity contribution is 6.71. The Bertz CT molecular complexity index is 2540. The molecular weight excluding hydrogens is 617 g/mol. The van der Waals surface area contributed by atoms with Crippen LogP contribution < -0.4 is 81.9 Å². The Balaban J connectivity index is 1.58. The van der Waals surface area contributed by atoms with E-state index < -0.39 is 0 Å². The molecule has 204 valence electrons. The average Bonchev–Trinajstić information content (AvgIpc) is 3.53. The van der Waals surface area contributed by atoms with Gasteiger partial charge >= 0.3 is 0 Å². The monoisotopic (exact) mass is 625 g/mol. The number of rotatable bonds is 4. The van der Waals surface area contributed by atoms with Crippen molar-refractivity contribution in [1.29, 1.82) is 0 Å². The van der Waals surface area contributed by atoms with Crippen LogP contribution in [0.15, 0.2) is 40.8 Å². The number of nitrogens with zero attached hydrogens (tertiary/aromatic N) is 3. The number of furan rings is 1. The molecule has 7 aromatic rings. The number of hydrogen-bond acceptors (Lipinski definition) is 4. The molecule has 0 bridgehead atoms. The van der Waals surface area contributed by atoms with E-state index in [1.165, 1.54) is 0 Å². The van der Waals surface area contributed by atoms with Gasteiger partial charge in [0, 0.05) is 27.5 Å². The molecule has 7 rings (SSSR count). The SMILES string of the molecule is [B]c1c([B])c([B])c(-c2nc(-c3c([B])c([B])c([B])c([B])c3[B])nc(-c3cccc4c3oc3c(-c5c([B])c([B])c([B])c([B])c5[B])cccc34)n2)c([B])c1[B]. The lowest BCUT2D eigenvalue weighted by Crippen LogP contribution is -2.55. The first kappa shape index (κ1) is 36.3. The van der Waals surface area contributed by atoms with Gasteiger partial charge in [-0.1, -0.05) is 63.1 Å². The second-order valence-electron chi connectivity index (χ2n) is 12.1. The predicted octanol–water partition coefficient (Wildman–Crippen LogP) is -9.65. The van der Waals surface area contributed by atoms with Crippen molar-refractivity contribution in [2.24, 2.45) is 0 Å². The van der Waals surface area contributed by atoms with E-state index in [0.717, 1.165) is 0 Å². The van der Waals surface area contributed by atoms with Gasteiger partial charge in [0.2, 0.25) is 0 Å². The van der Waals surface area contributed by atoms with Crippen molar-refractivity contribution in [1.82, 2.24) is 15.0 Å². The third-order valence-corrected chi connectivity index (χ3v) is 9.22. The minimum absolute atomic E-state index is 0.00504. The maximum Gasteiger partial charge on any atom is 0.167 e. The summed E-state index contributed by atoms with van der Waals surface area (Å²) < 4.78 is 6.60. The first-order chi connectivity index (χ1) is 24.6. The van der Waals surface area contributed by atoms with Gasteiger partial charge in [-0.2, -0.15) is 0 Å². The summed E-state index contributed by atoms with van der Waals surface area (Å²) >= 11 is 0. The number of hydrogen-bond donors (Lipinski definition) is 0. The lowest BCUT2D eigenvalue weighted by molar-refractivity contribution is 0.670. The summed E-state index contributed by atoms with van der Waals surface area (Å²) in [6.45, 7) is 0. The van der Waals surface area contributed by atoms with Gasteiger partial charge in [0.25, 0.3) is 0 Å². The summed E-state index contributed by atoms with van der Waals surface area (Å²) in [4.78, 5) is 14.2. The van der Waals surface area contributed by atoms with Gasteiger partial charge in [-0.05, 0) is 11.6 Å². The van der Waals surface area contributed by atoms with E-state index >= 15 is 0 Å². The molecule has 0 aliphatic carbocycles. The zero-order valence-electron chi connectivity index (χ0n) is 27.4. The van der Waals surface area contributed by atoms with Gasteiger partial charge in [-0.3, -0.25) is 0 Å². The third-order valence-electron chi connectivity index (χ3n) is 9.22. The van der Waals surface area contributed by atoms with Crippen molar-refractivity contribution >= 4 is 222 Å². The maximum atomic E-state index is 6.60. The van der Waals surface area contributed by atoms with E-state index in [9.17, 15) is 0 Å². The van der Waals surface area contributed by atoms with Crippen LogP contribution in [0.25, 0.3) is 67.2 Å². The molecule has 2 aromatic heterocycles. The van der Waals surface area contributed by atoms with E-state index in [0.29, 0.717) is 38.6 Å². The fourth-order valence-corrected chi connectivity index (χ4v) is 6.23. The molecule has 30 radical (unpaired) electrons. The Morgan fingerprint density at radius 3 is 0.981 bits per heavy atom. The molecule has 19 heteroatoms. The molecule has 52 heavy (non-hydrogen) atoms. The molecule has 0 spiro atoms. The highest BCUT2D eigenvalue weighted by Gasteiger charge is 2.24. The molecule has 0 unspecified atom stereocenters. The molecule has 0 fully saturated rings. The minimum Gasteiger partial charge on any atom is -0.455 e. The zero-order chi connectivity index (χ0) is 37.7. The number of aromatic nitrogens is 3. The topological polar surface area (TPSA) is 51.8 Å². The van der Waals surface area contributed by atoms with Gasteiger partial charge in [-0.15, -0.1) is 49.2 Å². The van der Waals surface area contributed by atoms with Gasteiger partial charge in [0.15, 0.2) is 17.5 Å². The van der Waals surface area contributed by atoms with E-state index in [1.807, 2.05) is 18.2 Å². The van der Waals surface area contributed by atoms with E-state index in [2.05, 4.69) is 4.98 Å².